The molecule has 0 aliphatic carbocycles. The lowest BCUT2D eigenvalue weighted by Gasteiger charge is -2.14. The predicted molar refractivity (Wildman–Crippen MR) is 77.2 cm³/mol. The van der Waals surface area contributed by atoms with Crippen molar-refractivity contribution < 1.29 is 23.8 Å². The van der Waals surface area contributed by atoms with Crippen molar-refractivity contribution in [1.82, 2.24) is 5.32 Å². The first-order chi connectivity index (χ1) is 9.99. The first-order valence-corrected chi connectivity index (χ1v) is 6.37. The number of esters is 1. The Kier molecular flexibility index (Phi) is 6.48. The highest BCUT2D eigenvalue weighted by atomic mass is 16.5. The molecule has 0 aliphatic heterocycles. The molecule has 1 rings (SSSR count). The zero-order chi connectivity index (χ0) is 15.8. The third-order valence-corrected chi connectivity index (χ3v) is 2.64. The summed E-state index contributed by atoms with van der Waals surface area (Å²) in [5.41, 5.74) is 6.06. The van der Waals surface area contributed by atoms with Gasteiger partial charge in [-0.15, -0.1) is 0 Å². The maximum atomic E-state index is 12.0. The Hall–Kier alpha value is -2.28. The summed E-state index contributed by atoms with van der Waals surface area (Å²) in [6.45, 7) is 1.75. The van der Waals surface area contributed by atoms with Gasteiger partial charge in [0, 0.05) is 18.8 Å². The molecule has 1 unspecified atom stereocenters. The molecule has 0 radical (unpaired) electrons. The molecule has 0 fully saturated rings. The number of nitrogen functional groups attached to an aromatic ring is 1. The molecule has 116 valence electrons. The fourth-order valence-corrected chi connectivity index (χ4v) is 1.75. The standard InChI is InChI=1S/C14H20N2O5/c1-9(7-19-2)16-12(17)8-21-14(18)13-10(15)5-4-6-11(13)20-3/h4-6,9H,7-8,15H2,1-3H3,(H,16,17). The highest BCUT2D eigenvalue weighted by Gasteiger charge is 2.18. The minimum absolute atomic E-state index is 0.109. The smallest absolute Gasteiger partial charge is 0.344 e. The van der Waals surface area contributed by atoms with Crippen molar-refractivity contribution >= 4 is 17.6 Å². The summed E-state index contributed by atoms with van der Waals surface area (Å²) in [4.78, 5) is 23.6. The number of carbonyl (C=O) groups excluding carboxylic acids is 2. The monoisotopic (exact) mass is 296 g/mol. The quantitative estimate of drug-likeness (QED) is 0.564. The van der Waals surface area contributed by atoms with E-state index < -0.39 is 18.5 Å². The van der Waals surface area contributed by atoms with Crippen molar-refractivity contribution in [2.75, 3.05) is 33.2 Å². The second-order valence-corrected chi connectivity index (χ2v) is 4.42. The van der Waals surface area contributed by atoms with Crippen LogP contribution >= 0.6 is 0 Å². The van der Waals surface area contributed by atoms with E-state index in [4.69, 9.17) is 19.9 Å². The van der Waals surface area contributed by atoms with Gasteiger partial charge in [-0.25, -0.2) is 4.79 Å². The molecule has 0 heterocycles. The first-order valence-electron chi connectivity index (χ1n) is 6.37. The van der Waals surface area contributed by atoms with Gasteiger partial charge in [-0.2, -0.15) is 0 Å². The summed E-state index contributed by atoms with van der Waals surface area (Å²) >= 11 is 0. The van der Waals surface area contributed by atoms with Crippen LogP contribution in [0, 0.1) is 0 Å². The third kappa shape index (κ3) is 4.96. The lowest BCUT2D eigenvalue weighted by Crippen LogP contribution is -2.38. The Labute approximate surface area is 123 Å². The Morgan fingerprint density at radius 2 is 2.05 bits per heavy atom. The molecule has 1 aromatic carbocycles. The van der Waals surface area contributed by atoms with Gasteiger partial charge >= 0.3 is 5.97 Å². The number of amides is 1. The van der Waals surface area contributed by atoms with Crippen molar-refractivity contribution in [3.8, 4) is 5.75 Å². The van der Waals surface area contributed by atoms with Gasteiger partial charge in [0.1, 0.15) is 11.3 Å². The van der Waals surface area contributed by atoms with Crippen LogP contribution in [-0.2, 0) is 14.3 Å². The van der Waals surface area contributed by atoms with E-state index in [1.54, 1.807) is 25.1 Å². The molecule has 1 atom stereocenters. The number of nitrogens with one attached hydrogen (secondary N) is 1. The van der Waals surface area contributed by atoms with Crippen LogP contribution in [0.15, 0.2) is 18.2 Å². The van der Waals surface area contributed by atoms with E-state index >= 15 is 0 Å². The van der Waals surface area contributed by atoms with Crippen molar-refractivity contribution in [3.05, 3.63) is 23.8 Å². The number of hydrogen-bond donors (Lipinski definition) is 2. The Morgan fingerprint density at radius 3 is 2.67 bits per heavy atom. The number of ether oxygens (including phenoxy) is 3. The molecule has 0 aromatic heterocycles. The Bertz CT molecular complexity index is 504. The van der Waals surface area contributed by atoms with Crippen LogP contribution in [0.3, 0.4) is 0 Å². The molecule has 0 spiro atoms. The minimum atomic E-state index is -0.709. The topological polar surface area (TPSA) is 99.9 Å². The first kappa shape index (κ1) is 16.8. The zero-order valence-electron chi connectivity index (χ0n) is 12.3. The van der Waals surface area contributed by atoms with Gasteiger partial charge in [0.15, 0.2) is 6.61 Å². The lowest BCUT2D eigenvalue weighted by atomic mass is 10.1. The van der Waals surface area contributed by atoms with E-state index in [-0.39, 0.29) is 17.3 Å². The van der Waals surface area contributed by atoms with Crippen LogP contribution < -0.4 is 15.8 Å². The Balaban J connectivity index is 2.60. The molecular weight excluding hydrogens is 276 g/mol. The average molecular weight is 296 g/mol. The molecule has 3 N–H and O–H groups in total. The van der Waals surface area contributed by atoms with Crippen molar-refractivity contribution in [2.45, 2.75) is 13.0 Å². The van der Waals surface area contributed by atoms with Crippen LogP contribution in [0.25, 0.3) is 0 Å². The van der Waals surface area contributed by atoms with Gasteiger partial charge in [-0.3, -0.25) is 4.79 Å². The van der Waals surface area contributed by atoms with Gasteiger partial charge in [0.05, 0.1) is 13.7 Å². The second kappa shape index (κ2) is 8.11. The zero-order valence-corrected chi connectivity index (χ0v) is 12.3. The number of nitrogens with two attached hydrogens (primary N) is 1. The van der Waals surface area contributed by atoms with E-state index in [1.165, 1.54) is 14.2 Å². The number of carbonyl (C=O) groups is 2. The summed E-state index contributed by atoms with van der Waals surface area (Å²) in [5.74, 6) is -0.825. The van der Waals surface area contributed by atoms with E-state index in [9.17, 15) is 9.59 Å². The van der Waals surface area contributed by atoms with Gasteiger partial charge in [-0.1, -0.05) is 6.07 Å². The second-order valence-electron chi connectivity index (χ2n) is 4.42. The molecule has 0 bridgehead atoms. The summed E-state index contributed by atoms with van der Waals surface area (Å²) in [5, 5.41) is 2.63. The third-order valence-electron chi connectivity index (χ3n) is 2.64. The fraction of sp³-hybridized carbons (Fsp3) is 0.429. The van der Waals surface area contributed by atoms with Gasteiger partial charge in [-0.05, 0) is 19.1 Å². The largest absolute Gasteiger partial charge is 0.496 e. The van der Waals surface area contributed by atoms with Gasteiger partial charge < -0.3 is 25.3 Å². The SMILES string of the molecule is COCC(C)NC(=O)COC(=O)c1c(N)cccc1OC. The van der Waals surface area contributed by atoms with E-state index in [0.29, 0.717) is 12.4 Å². The van der Waals surface area contributed by atoms with Crippen molar-refractivity contribution in [1.29, 1.82) is 0 Å². The average Bonchev–Trinajstić information content (AvgIpc) is 2.44. The van der Waals surface area contributed by atoms with Crippen LogP contribution in [0.1, 0.15) is 17.3 Å². The van der Waals surface area contributed by atoms with Crippen LogP contribution in [0.5, 0.6) is 5.75 Å². The summed E-state index contributed by atoms with van der Waals surface area (Å²) < 4.78 is 14.9. The van der Waals surface area contributed by atoms with Crippen LogP contribution in [0.4, 0.5) is 5.69 Å². The number of anilines is 1. The maximum Gasteiger partial charge on any atom is 0.344 e. The molecule has 0 aliphatic rings. The van der Waals surface area contributed by atoms with Gasteiger partial charge in [0.25, 0.3) is 5.91 Å². The van der Waals surface area contributed by atoms with Gasteiger partial charge in [0.2, 0.25) is 0 Å². The predicted octanol–water partition coefficient (Wildman–Crippen LogP) is 0.585. The lowest BCUT2D eigenvalue weighted by molar-refractivity contribution is -0.125. The summed E-state index contributed by atoms with van der Waals surface area (Å²) in [7, 11) is 2.96. The maximum absolute atomic E-state index is 12.0. The number of methoxy groups -OCH3 is 2. The molecule has 0 saturated heterocycles. The number of rotatable bonds is 7. The molecule has 0 saturated carbocycles. The van der Waals surface area contributed by atoms with Crippen LogP contribution in [-0.4, -0.2) is 45.4 Å². The number of benzene rings is 1. The van der Waals surface area contributed by atoms with Crippen molar-refractivity contribution in [2.24, 2.45) is 0 Å². The fourth-order valence-electron chi connectivity index (χ4n) is 1.75. The van der Waals surface area contributed by atoms with E-state index in [2.05, 4.69) is 5.32 Å². The number of hydrogen-bond acceptors (Lipinski definition) is 6. The van der Waals surface area contributed by atoms with Crippen LogP contribution in [0.2, 0.25) is 0 Å². The highest BCUT2D eigenvalue weighted by Crippen LogP contribution is 2.24. The minimum Gasteiger partial charge on any atom is -0.496 e. The molecule has 1 aromatic rings. The normalized spacial score (nSPS) is 11.6. The van der Waals surface area contributed by atoms with Crippen molar-refractivity contribution in [3.63, 3.8) is 0 Å². The van der Waals surface area contributed by atoms with E-state index in [1.807, 2.05) is 0 Å². The molecular formula is C14H20N2O5. The molecule has 7 heteroatoms. The Morgan fingerprint density at radius 1 is 1.33 bits per heavy atom. The summed E-state index contributed by atoms with van der Waals surface area (Å²) in [6, 6.07) is 4.63. The molecule has 21 heavy (non-hydrogen) atoms. The molecule has 7 nitrogen and oxygen atoms in total. The molecule has 1 amide bonds. The van der Waals surface area contributed by atoms with E-state index in [0.717, 1.165) is 0 Å². The highest BCUT2D eigenvalue weighted by molar-refractivity contribution is 5.99. The summed E-state index contributed by atoms with van der Waals surface area (Å²) in [6.07, 6.45) is 0.